The minimum atomic E-state index is 0.593. The highest BCUT2D eigenvalue weighted by Gasteiger charge is 2.30. The molecule has 1 aliphatic carbocycles. The van der Waals surface area contributed by atoms with E-state index in [0.717, 1.165) is 82.3 Å². The van der Waals surface area contributed by atoms with Crippen molar-refractivity contribution in [2.75, 3.05) is 58.7 Å². The first kappa shape index (κ1) is 22.9. The Morgan fingerprint density at radius 2 is 1.94 bits per heavy atom. The van der Waals surface area contributed by atoms with Crippen LogP contribution in [0.2, 0.25) is 0 Å². The van der Waals surface area contributed by atoms with Gasteiger partial charge in [0.05, 0.1) is 13.2 Å². The molecule has 0 spiro atoms. The fourth-order valence-corrected chi connectivity index (χ4v) is 5.74. The van der Waals surface area contributed by atoms with E-state index in [2.05, 4.69) is 43.1 Å². The summed E-state index contributed by atoms with van der Waals surface area (Å²) in [4.78, 5) is 10.0. The molecule has 4 rings (SSSR count). The molecule has 3 heterocycles. The van der Waals surface area contributed by atoms with Gasteiger partial charge in [0.2, 0.25) is 0 Å². The van der Waals surface area contributed by atoms with Gasteiger partial charge < -0.3 is 19.5 Å². The molecule has 1 aromatic heterocycles. The molecule has 1 N–H and O–H groups in total. The number of hydrogen-bond donors (Lipinski definition) is 1. The maximum atomic E-state index is 5.52. The van der Waals surface area contributed by atoms with Gasteiger partial charge in [0.15, 0.2) is 11.1 Å². The molecule has 3 fully saturated rings. The highest BCUT2D eigenvalue weighted by Crippen LogP contribution is 2.33. The Kier molecular flexibility index (Phi) is 8.49. The van der Waals surface area contributed by atoms with E-state index in [1.807, 2.05) is 0 Å². The predicted octanol–water partition coefficient (Wildman–Crippen LogP) is 2.42. The highest BCUT2D eigenvalue weighted by atomic mass is 32.2. The van der Waals surface area contributed by atoms with Crippen LogP contribution in [0.3, 0.4) is 0 Å². The molecule has 2 aliphatic heterocycles. The number of thioether (sulfide) groups is 1. The average Bonchev–Trinajstić information content (AvgIpc) is 3.57. The molecular formula is C22H39N7OS. The summed E-state index contributed by atoms with van der Waals surface area (Å²) in [7, 11) is 0. The van der Waals surface area contributed by atoms with Crippen molar-refractivity contribution in [3.05, 3.63) is 5.82 Å². The molecular weight excluding hydrogens is 410 g/mol. The number of aryl methyl sites for hydroxylation is 1. The van der Waals surface area contributed by atoms with E-state index in [1.165, 1.54) is 32.1 Å². The van der Waals surface area contributed by atoms with Gasteiger partial charge in [-0.15, -0.1) is 10.2 Å². The van der Waals surface area contributed by atoms with Crippen molar-refractivity contribution < 1.29 is 4.74 Å². The Balaban J connectivity index is 1.31. The summed E-state index contributed by atoms with van der Waals surface area (Å²) >= 11 is 1.72. The average molecular weight is 450 g/mol. The summed E-state index contributed by atoms with van der Waals surface area (Å²) in [6.45, 7) is 9.90. The van der Waals surface area contributed by atoms with E-state index >= 15 is 0 Å². The lowest BCUT2D eigenvalue weighted by Crippen LogP contribution is -2.46. The molecule has 1 atom stereocenters. The van der Waals surface area contributed by atoms with E-state index in [0.29, 0.717) is 12.1 Å². The summed E-state index contributed by atoms with van der Waals surface area (Å²) in [5.41, 5.74) is 0. The van der Waals surface area contributed by atoms with Gasteiger partial charge in [-0.25, -0.2) is 0 Å². The van der Waals surface area contributed by atoms with Crippen LogP contribution in [0, 0.1) is 0 Å². The van der Waals surface area contributed by atoms with Gasteiger partial charge in [-0.3, -0.25) is 9.89 Å². The summed E-state index contributed by atoms with van der Waals surface area (Å²) in [6, 6.07) is 1.22. The maximum Gasteiger partial charge on any atom is 0.193 e. The Hall–Kier alpha value is -1.32. The molecule has 8 nitrogen and oxygen atoms in total. The number of aromatic nitrogens is 3. The third kappa shape index (κ3) is 5.73. The molecule has 0 aromatic carbocycles. The number of guanidine groups is 1. The first-order valence-corrected chi connectivity index (χ1v) is 13.4. The predicted molar refractivity (Wildman–Crippen MR) is 126 cm³/mol. The molecule has 1 saturated carbocycles. The van der Waals surface area contributed by atoms with Crippen LogP contribution in [0.1, 0.15) is 57.3 Å². The number of morpholine rings is 1. The number of aliphatic imine (C=N–C) groups is 1. The Morgan fingerprint density at radius 1 is 1.13 bits per heavy atom. The van der Waals surface area contributed by atoms with E-state index < -0.39 is 0 Å². The van der Waals surface area contributed by atoms with E-state index in [9.17, 15) is 0 Å². The summed E-state index contributed by atoms with van der Waals surface area (Å²) in [5, 5.41) is 13.6. The van der Waals surface area contributed by atoms with Crippen LogP contribution in [0.4, 0.5) is 0 Å². The number of likely N-dealkylation sites (tertiary alicyclic amines) is 1. The van der Waals surface area contributed by atoms with Gasteiger partial charge in [0, 0.05) is 57.8 Å². The smallest absolute Gasteiger partial charge is 0.193 e. The molecule has 9 heteroatoms. The Bertz CT molecular complexity index is 713. The highest BCUT2D eigenvalue weighted by molar-refractivity contribution is 7.98. The molecule has 174 valence electrons. The van der Waals surface area contributed by atoms with E-state index in [-0.39, 0.29) is 0 Å². The van der Waals surface area contributed by atoms with E-state index in [4.69, 9.17) is 9.73 Å². The standard InChI is InChI=1S/C22H39N7OS/c1-3-23-21(28-12-10-19(17-28)27-13-15-30-16-14-27)24-11-6-9-20-25-26-22(31-2)29(20)18-7-4-5-8-18/h18-19H,3-17H2,1-2H3,(H,23,24). The fraction of sp³-hybridized carbons (Fsp3) is 0.864. The quantitative estimate of drug-likeness (QED) is 0.283. The van der Waals surface area contributed by atoms with Crippen LogP contribution < -0.4 is 5.32 Å². The van der Waals surface area contributed by atoms with Crippen LogP contribution >= 0.6 is 11.8 Å². The molecule has 1 unspecified atom stereocenters. The van der Waals surface area contributed by atoms with Gasteiger partial charge in [-0.05, 0) is 38.9 Å². The lowest BCUT2D eigenvalue weighted by atomic mass is 10.2. The lowest BCUT2D eigenvalue weighted by molar-refractivity contribution is 0.0195. The minimum absolute atomic E-state index is 0.593. The molecule has 3 aliphatic rings. The van der Waals surface area contributed by atoms with Gasteiger partial charge >= 0.3 is 0 Å². The first-order chi connectivity index (χ1) is 15.3. The van der Waals surface area contributed by atoms with Gasteiger partial charge in [0.25, 0.3) is 0 Å². The van der Waals surface area contributed by atoms with Crippen molar-refractivity contribution in [2.45, 2.75) is 69.1 Å². The monoisotopic (exact) mass is 449 g/mol. The van der Waals surface area contributed by atoms with Crippen LogP contribution in [0.25, 0.3) is 0 Å². The largest absolute Gasteiger partial charge is 0.379 e. The SMILES string of the molecule is CCNC(=NCCCc1nnc(SC)n1C1CCCC1)N1CCC(N2CCOCC2)C1. The third-order valence-corrected chi connectivity index (χ3v) is 7.43. The summed E-state index contributed by atoms with van der Waals surface area (Å²) < 4.78 is 7.94. The molecule has 0 bridgehead atoms. The summed E-state index contributed by atoms with van der Waals surface area (Å²) in [6.07, 6.45) is 10.5. The van der Waals surface area contributed by atoms with Crippen molar-refractivity contribution in [3.8, 4) is 0 Å². The van der Waals surface area contributed by atoms with Gasteiger partial charge in [-0.2, -0.15) is 0 Å². The Morgan fingerprint density at radius 3 is 2.68 bits per heavy atom. The topological polar surface area (TPSA) is 70.8 Å². The molecule has 31 heavy (non-hydrogen) atoms. The molecule has 0 amide bonds. The summed E-state index contributed by atoms with van der Waals surface area (Å²) in [5.74, 6) is 2.21. The van der Waals surface area contributed by atoms with Crippen molar-refractivity contribution >= 4 is 17.7 Å². The first-order valence-electron chi connectivity index (χ1n) is 12.1. The van der Waals surface area contributed by atoms with Crippen LogP contribution in [0.15, 0.2) is 10.1 Å². The number of rotatable bonds is 8. The van der Waals surface area contributed by atoms with Crippen molar-refractivity contribution in [2.24, 2.45) is 4.99 Å². The van der Waals surface area contributed by atoms with Gasteiger partial charge in [-0.1, -0.05) is 24.6 Å². The van der Waals surface area contributed by atoms with Crippen molar-refractivity contribution in [1.82, 2.24) is 29.9 Å². The molecule has 1 aromatic rings. The number of ether oxygens (including phenoxy) is 1. The zero-order valence-corrected chi connectivity index (χ0v) is 20.1. The van der Waals surface area contributed by atoms with Crippen LogP contribution in [-0.4, -0.2) is 95.3 Å². The maximum absolute atomic E-state index is 5.52. The molecule has 0 radical (unpaired) electrons. The lowest BCUT2D eigenvalue weighted by Gasteiger charge is -2.32. The minimum Gasteiger partial charge on any atom is -0.379 e. The van der Waals surface area contributed by atoms with Crippen molar-refractivity contribution in [1.29, 1.82) is 0 Å². The van der Waals surface area contributed by atoms with Crippen molar-refractivity contribution in [3.63, 3.8) is 0 Å². The number of nitrogens with zero attached hydrogens (tertiary/aromatic N) is 6. The van der Waals surface area contributed by atoms with Crippen LogP contribution in [0.5, 0.6) is 0 Å². The van der Waals surface area contributed by atoms with Crippen LogP contribution in [-0.2, 0) is 11.2 Å². The number of nitrogens with one attached hydrogen (secondary N) is 1. The second kappa shape index (κ2) is 11.5. The second-order valence-electron chi connectivity index (χ2n) is 8.79. The zero-order valence-electron chi connectivity index (χ0n) is 19.3. The normalized spacial score (nSPS) is 23.7. The Labute approximate surface area is 191 Å². The van der Waals surface area contributed by atoms with E-state index in [1.54, 1.807) is 11.8 Å². The molecule has 2 saturated heterocycles. The number of hydrogen-bond acceptors (Lipinski definition) is 6. The third-order valence-electron chi connectivity index (χ3n) is 6.79. The second-order valence-corrected chi connectivity index (χ2v) is 9.56. The van der Waals surface area contributed by atoms with Gasteiger partial charge in [0.1, 0.15) is 5.82 Å². The fourth-order valence-electron chi connectivity index (χ4n) is 5.17. The zero-order chi connectivity index (χ0) is 21.5.